The monoisotopic (exact) mass is 282 g/mol. The van der Waals surface area contributed by atoms with E-state index in [9.17, 15) is 13.2 Å². The fourth-order valence-electron chi connectivity index (χ4n) is 2.22. The Kier molecular flexibility index (Phi) is 3.63. The third-order valence-corrected chi connectivity index (χ3v) is 3.75. The number of alkyl halides is 3. The summed E-state index contributed by atoms with van der Waals surface area (Å²) in [4.78, 5) is 3.73. The zero-order valence-corrected chi connectivity index (χ0v) is 11.7. The van der Waals surface area contributed by atoms with Crippen LogP contribution >= 0.6 is 0 Å². The molecule has 0 bridgehead atoms. The number of nitrogen functional groups attached to an aromatic ring is 1. The molecule has 0 amide bonds. The molecular weight excluding hydrogens is 265 g/mol. The van der Waals surface area contributed by atoms with Crippen LogP contribution in [-0.4, -0.2) is 4.98 Å². The highest BCUT2D eigenvalue weighted by molar-refractivity contribution is 5.92. The van der Waals surface area contributed by atoms with Gasteiger partial charge in [-0.15, -0.1) is 0 Å². The molecule has 0 aliphatic rings. The maximum absolute atomic E-state index is 12.9. The van der Waals surface area contributed by atoms with E-state index in [-0.39, 0.29) is 16.8 Å². The SMILES string of the molecule is CCC(C)c1ccc2nc(C(F)(F)F)c(C)c(N)c2c1. The second kappa shape index (κ2) is 4.96. The lowest BCUT2D eigenvalue weighted by Gasteiger charge is -2.15. The average molecular weight is 282 g/mol. The van der Waals surface area contributed by atoms with Gasteiger partial charge < -0.3 is 5.73 Å². The minimum absolute atomic E-state index is 0.00805. The fraction of sp³-hybridized carbons (Fsp3) is 0.400. The summed E-state index contributed by atoms with van der Waals surface area (Å²) in [6, 6.07) is 5.28. The molecule has 2 aromatic rings. The van der Waals surface area contributed by atoms with E-state index < -0.39 is 11.9 Å². The fourth-order valence-corrected chi connectivity index (χ4v) is 2.22. The number of hydrogen-bond donors (Lipinski definition) is 1. The summed E-state index contributed by atoms with van der Waals surface area (Å²) < 4.78 is 38.7. The van der Waals surface area contributed by atoms with Crippen molar-refractivity contribution in [3.63, 3.8) is 0 Å². The van der Waals surface area contributed by atoms with Gasteiger partial charge in [-0.2, -0.15) is 13.2 Å². The lowest BCUT2D eigenvalue weighted by Crippen LogP contribution is -2.12. The largest absolute Gasteiger partial charge is 0.433 e. The third-order valence-electron chi connectivity index (χ3n) is 3.75. The van der Waals surface area contributed by atoms with Gasteiger partial charge in [0.05, 0.1) is 5.52 Å². The Labute approximate surface area is 115 Å². The van der Waals surface area contributed by atoms with Crippen molar-refractivity contribution in [2.75, 3.05) is 5.73 Å². The first kappa shape index (κ1) is 14.6. The highest BCUT2D eigenvalue weighted by Crippen LogP contribution is 2.36. The Hall–Kier alpha value is -1.78. The molecule has 2 rings (SSSR count). The minimum atomic E-state index is -4.48. The summed E-state index contributed by atoms with van der Waals surface area (Å²) >= 11 is 0. The van der Waals surface area contributed by atoms with Crippen molar-refractivity contribution >= 4 is 16.6 Å². The molecule has 0 radical (unpaired) electrons. The molecule has 0 aliphatic heterocycles. The van der Waals surface area contributed by atoms with Crippen molar-refractivity contribution in [1.29, 1.82) is 0 Å². The lowest BCUT2D eigenvalue weighted by molar-refractivity contribution is -0.141. The Morgan fingerprint density at radius 3 is 2.50 bits per heavy atom. The number of nitrogens with two attached hydrogens (primary N) is 1. The lowest BCUT2D eigenvalue weighted by atomic mass is 9.96. The van der Waals surface area contributed by atoms with Crippen LogP contribution in [-0.2, 0) is 6.18 Å². The normalized spacial score (nSPS) is 13.7. The van der Waals surface area contributed by atoms with Gasteiger partial charge in [0.1, 0.15) is 5.69 Å². The van der Waals surface area contributed by atoms with Gasteiger partial charge in [0.2, 0.25) is 0 Å². The average Bonchev–Trinajstić information content (AvgIpc) is 2.40. The number of aromatic nitrogens is 1. The molecule has 0 saturated heterocycles. The minimum Gasteiger partial charge on any atom is -0.398 e. The predicted octanol–water partition coefficient (Wildman–Crippen LogP) is 4.66. The number of rotatable bonds is 2. The maximum atomic E-state index is 12.9. The van der Waals surface area contributed by atoms with Gasteiger partial charge in [-0.1, -0.05) is 19.9 Å². The Balaban J connectivity index is 2.71. The van der Waals surface area contributed by atoms with Crippen LogP contribution in [0.5, 0.6) is 0 Å². The molecule has 0 fully saturated rings. The number of fused-ring (bicyclic) bond motifs is 1. The molecule has 0 spiro atoms. The van der Waals surface area contributed by atoms with Crippen LogP contribution < -0.4 is 5.73 Å². The molecule has 1 atom stereocenters. The van der Waals surface area contributed by atoms with E-state index in [4.69, 9.17) is 5.73 Å². The van der Waals surface area contributed by atoms with Crippen LogP contribution in [0, 0.1) is 6.92 Å². The summed E-state index contributed by atoms with van der Waals surface area (Å²) in [5.41, 5.74) is 6.48. The third kappa shape index (κ3) is 2.44. The van der Waals surface area contributed by atoms with Gasteiger partial charge in [0.25, 0.3) is 0 Å². The summed E-state index contributed by atoms with van der Waals surface area (Å²) in [7, 11) is 0. The summed E-state index contributed by atoms with van der Waals surface area (Å²) in [6.45, 7) is 5.50. The summed E-state index contributed by atoms with van der Waals surface area (Å²) in [6.07, 6.45) is -3.53. The van der Waals surface area contributed by atoms with Gasteiger partial charge in [0, 0.05) is 16.6 Å². The van der Waals surface area contributed by atoms with E-state index in [2.05, 4.69) is 18.8 Å². The topological polar surface area (TPSA) is 38.9 Å². The number of nitrogens with zero attached hydrogens (tertiary/aromatic N) is 1. The number of hydrogen-bond acceptors (Lipinski definition) is 2. The van der Waals surface area contributed by atoms with E-state index in [1.165, 1.54) is 6.92 Å². The van der Waals surface area contributed by atoms with E-state index in [1.54, 1.807) is 6.07 Å². The van der Waals surface area contributed by atoms with Crippen molar-refractivity contribution in [3.05, 3.63) is 35.0 Å². The zero-order chi connectivity index (χ0) is 15.1. The van der Waals surface area contributed by atoms with E-state index in [1.807, 2.05) is 12.1 Å². The van der Waals surface area contributed by atoms with Gasteiger partial charge in [-0.05, 0) is 37.0 Å². The first-order valence-corrected chi connectivity index (χ1v) is 6.52. The second-order valence-corrected chi connectivity index (χ2v) is 5.08. The predicted molar refractivity (Wildman–Crippen MR) is 74.6 cm³/mol. The highest BCUT2D eigenvalue weighted by atomic mass is 19.4. The number of benzene rings is 1. The van der Waals surface area contributed by atoms with Crippen molar-refractivity contribution in [2.24, 2.45) is 0 Å². The van der Waals surface area contributed by atoms with E-state index in [0.29, 0.717) is 11.3 Å². The van der Waals surface area contributed by atoms with Crippen LogP contribution in [0.15, 0.2) is 18.2 Å². The van der Waals surface area contributed by atoms with Crippen molar-refractivity contribution < 1.29 is 13.2 Å². The molecule has 1 aromatic carbocycles. The Morgan fingerprint density at radius 2 is 1.95 bits per heavy atom. The molecule has 0 aliphatic carbocycles. The maximum Gasteiger partial charge on any atom is 0.433 e. The van der Waals surface area contributed by atoms with Gasteiger partial charge >= 0.3 is 6.18 Å². The highest BCUT2D eigenvalue weighted by Gasteiger charge is 2.35. The molecule has 2 N–H and O–H groups in total. The molecule has 2 nitrogen and oxygen atoms in total. The number of pyridine rings is 1. The van der Waals surface area contributed by atoms with Crippen LogP contribution in [0.1, 0.15) is 43.0 Å². The second-order valence-electron chi connectivity index (χ2n) is 5.08. The van der Waals surface area contributed by atoms with Gasteiger partial charge in [-0.25, -0.2) is 4.98 Å². The molecular formula is C15H17F3N2. The first-order chi connectivity index (χ1) is 9.25. The van der Waals surface area contributed by atoms with Crippen LogP contribution in [0.25, 0.3) is 10.9 Å². The van der Waals surface area contributed by atoms with Gasteiger partial charge in [0.15, 0.2) is 0 Å². The van der Waals surface area contributed by atoms with Crippen LogP contribution in [0.3, 0.4) is 0 Å². The van der Waals surface area contributed by atoms with Crippen molar-refractivity contribution in [3.8, 4) is 0 Å². The first-order valence-electron chi connectivity index (χ1n) is 6.52. The Bertz CT molecular complexity index is 648. The molecule has 108 valence electrons. The number of anilines is 1. The molecule has 20 heavy (non-hydrogen) atoms. The Morgan fingerprint density at radius 1 is 1.30 bits per heavy atom. The number of halogens is 3. The summed E-state index contributed by atoms with van der Waals surface area (Å²) in [5, 5.41) is 0.591. The standard InChI is InChI=1S/C15H17F3N2/c1-4-8(2)10-5-6-12-11(7-10)13(19)9(3)14(20-12)15(16,17)18/h5-8H,4H2,1-3H3,(H2,19,20). The molecule has 0 saturated carbocycles. The quantitative estimate of drug-likeness (QED) is 0.870. The van der Waals surface area contributed by atoms with Crippen molar-refractivity contribution in [2.45, 2.75) is 39.3 Å². The van der Waals surface area contributed by atoms with Gasteiger partial charge in [-0.3, -0.25) is 0 Å². The smallest absolute Gasteiger partial charge is 0.398 e. The molecule has 1 unspecified atom stereocenters. The molecule has 5 heteroatoms. The zero-order valence-electron chi connectivity index (χ0n) is 11.7. The van der Waals surface area contributed by atoms with Crippen LogP contribution in [0.4, 0.5) is 18.9 Å². The van der Waals surface area contributed by atoms with E-state index in [0.717, 1.165) is 12.0 Å². The van der Waals surface area contributed by atoms with E-state index >= 15 is 0 Å². The van der Waals surface area contributed by atoms with Crippen molar-refractivity contribution in [1.82, 2.24) is 4.98 Å². The summed E-state index contributed by atoms with van der Waals surface area (Å²) in [5.74, 6) is 0.335. The molecule has 1 heterocycles. The van der Waals surface area contributed by atoms with Crippen LogP contribution in [0.2, 0.25) is 0 Å². The molecule has 1 aromatic heterocycles.